The number of carbonyl (C=O) groups excluding carboxylic acids is 2. The number of nitrogens with two attached hydrogens (primary N) is 1. The van der Waals surface area contributed by atoms with Gasteiger partial charge in [0, 0.05) is 11.8 Å². The summed E-state index contributed by atoms with van der Waals surface area (Å²) < 4.78 is 40.8. The van der Waals surface area contributed by atoms with Crippen LogP contribution in [0.5, 0.6) is 5.75 Å². The Bertz CT molecular complexity index is 758. The van der Waals surface area contributed by atoms with E-state index in [0.717, 1.165) is 11.3 Å². The molecule has 3 N–H and O–H groups in total. The number of anilines is 1. The van der Waals surface area contributed by atoms with E-state index in [4.69, 9.17) is 5.73 Å². The molecule has 0 bridgehead atoms. The lowest BCUT2D eigenvalue weighted by atomic mass is 10.3. The molecule has 0 saturated carbocycles. The number of amides is 2. The third-order valence-electron chi connectivity index (χ3n) is 2.54. The lowest BCUT2D eigenvalue weighted by molar-refractivity contribution is -0.274. The van der Waals surface area contributed by atoms with Crippen LogP contribution >= 0.6 is 23.1 Å². The molecule has 10 heteroatoms. The standard InChI is InChI=1S/C14H11F3N2O3S2/c1-7(20)19-13-10(12(18)21)6-11(24-13)23-9-4-2-8(3-5-9)22-14(15,16)17/h2-6H,1H3,(H2,18,21)(H,19,20). The van der Waals surface area contributed by atoms with Crippen molar-refractivity contribution in [3.63, 3.8) is 0 Å². The molecule has 0 aliphatic rings. The minimum Gasteiger partial charge on any atom is -0.406 e. The lowest BCUT2D eigenvalue weighted by Gasteiger charge is -2.08. The Morgan fingerprint density at radius 2 is 1.88 bits per heavy atom. The Morgan fingerprint density at radius 1 is 1.25 bits per heavy atom. The van der Waals surface area contributed by atoms with Gasteiger partial charge in [0.05, 0.1) is 9.77 Å². The maximum absolute atomic E-state index is 12.1. The molecule has 1 aromatic heterocycles. The van der Waals surface area contributed by atoms with Crippen molar-refractivity contribution in [2.45, 2.75) is 22.4 Å². The highest BCUT2D eigenvalue weighted by atomic mass is 32.2. The van der Waals surface area contributed by atoms with Gasteiger partial charge in [-0.15, -0.1) is 24.5 Å². The van der Waals surface area contributed by atoms with Crippen LogP contribution < -0.4 is 15.8 Å². The number of halogens is 3. The van der Waals surface area contributed by atoms with Crippen LogP contribution in [0.1, 0.15) is 17.3 Å². The van der Waals surface area contributed by atoms with Gasteiger partial charge in [-0.3, -0.25) is 9.59 Å². The van der Waals surface area contributed by atoms with Crippen molar-refractivity contribution in [1.29, 1.82) is 0 Å². The minimum atomic E-state index is -4.74. The Labute approximate surface area is 143 Å². The smallest absolute Gasteiger partial charge is 0.406 e. The van der Waals surface area contributed by atoms with E-state index in [9.17, 15) is 22.8 Å². The zero-order valence-electron chi connectivity index (χ0n) is 12.1. The Balaban J connectivity index is 2.16. The van der Waals surface area contributed by atoms with Crippen molar-refractivity contribution in [2.24, 2.45) is 5.73 Å². The zero-order valence-corrected chi connectivity index (χ0v) is 13.8. The largest absolute Gasteiger partial charge is 0.573 e. The van der Waals surface area contributed by atoms with Gasteiger partial charge in [0.2, 0.25) is 5.91 Å². The summed E-state index contributed by atoms with van der Waals surface area (Å²) in [5, 5.41) is 2.84. The van der Waals surface area contributed by atoms with Gasteiger partial charge in [0.15, 0.2) is 0 Å². The van der Waals surface area contributed by atoms with Crippen LogP contribution in [0.2, 0.25) is 0 Å². The first-order chi connectivity index (χ1) is 11.1. The number of carbonyl (C=O) groups is 2. The first-order valence-corrected chi connectivity index (χ1v) is 8.02. The highest BCUT2D eigenvalue weighted by molar-refractivity contribution is 8.01. The summed E-state index contributed by atoms with van der Waals surface area (Å²) in [6.07, 6.45) is -4.74. The van der Waals surface area contributed by atoms with Crippen LogP contribution in [0, 0.1) is 0 Å². The van der Waals surface area contributed by atoms with Gasteiger partial charge in [-0.05, 0) is 30.3 Å². The Morgan fingerprint density at radius 3 is 2.38 bits per heavy atom. The molecule has 5 nitrogen and oxygen atoms in total. The molecule has 0 saturated heterocycles. The number of alkyl halides is 3. The molecule has 0 unspecified atom stereocenters. The van der Waals surface area contributed by atoms with E-state index < -0.39 is 12.3 Å². The van der Waals surface area contributed by atoms with E-state index in [-0.39, 0.29) is 17.2 Å². The summed E-state index contributed by atoms with van der Waals surface area (Å²) in [7, 11) is 0. The second-order valence-electron chi connectivity index (χ2n) is 4.47. The van der Waals surface area contributed by atoms with Crippen molar-refractivity contribution < 1.29 is 27.5 Å². The molecule has 24 heavy (non-hydrogen) atoms. The number of hydrogen-bond donors (Lipinski definition) is 2. The van der Waals surface area contributed by atoms with E-state index in [2.05, 4.69) is 10.1 Å². The van der Waals surface area contributed by atoms with E-state index >= 15 is 0 Å². The molecule has 0 radical (unpaired) electrons. The molecule has 1 heterocycles. The molecule has 1 aromatic carbocycles. The normalized spacial score (nSPS) is 11.2. The lowest BCUT2D eigenvalue weighted by Crippen LogP contribution is -2.16. The number of thiophene rings is 1. The van der Waals surface area contributed by atoms with Gasteiger partial charge in [0.25, 0.3) is 5.91 Å². The number of primary amides is 1. The summed E-state index contributed by atoms with van der Waals surface area (Å²) in [6, 6.07) is 6.80. The molecule has 0 aliphatic carbocycles. The summed E-state index contributed by atoms with van der Waals surface area (Å²) in [4.78, 5) is 23.2. The number of benzene rings is 1. The zero-order chi connectivity index (χ0) is 17.9. The van der Waals surface area contributed by atoms with Gasteiger partial charge in [0.1, 0.15) is 10.8 Å². The number of nitrogens with one attached hydrogen (secondary N) is 1. The van der Waals surface area contributed by atoms with E-state index in [1.165, 1.54) is 49.0 Å². The molecule has 2 aromatic rings. The average molecular weight is 376 g/mol. The first-order valence-electron chi connectivity index (χ1n) is 6.39. The summed E-state index contributed by atoms with van der Waals surface area (Å²) in [5.41, 5.74) is 5.44. The highest BCUT2D eigenvalue weighted by Gasteiger charge is 2.31. The molecule has 0 fully saturated rings. The summed E-state index contributed by atoms with van der Waals surface area (Å²) in [6.45, 7) is 1.30. The molecular formula is C14H11F3N2O3S2. The van der Waals surface area contributed by atoms with Crippen LogP contribution in [-0.2, 0) is 4.79 Å². The van der Waals surface area contributed by atoms with E-state index in [1.54, 1.807) is 0 Å². The fraction of sp³-hybridized carbons (Fsp3) is 0.143. The van der Waals surface area contributed by atoms with Crippen molar-refractivity contribution in [3.8, 4) is 5.75 Å². The monoisotopic (exact) mass is 376 g/mol. The molecule has 2 rings (SSSR count). The van der Waals surface area contributed by atoms with Crippen molar-refractivity contribution in [1.82, 2.24) is 0 Å². The third kappa shape index (κ3) is 5.17. The van der Waals surface area contributed by atoms with Crippen LogP contribution in [0.25, 0.3) is 0 Å². The SMILES string of the molecule is CC(=O)Nc1sc(Sc2ccc(OC(F)(F)F)cc2)cc1C(N)=O. The second-order valence-corrected chi connectivity index (χ2v) is 6.90. The van der Waals surface area contributed by atoms with Crippen LogP contribution in [-0.4, -0.2) is 18.2 Å². The van der Waals surface area contributed by atoms with Crippen molar-refractivity contribution in [2.75, 3.05) is 5.32 Å². The fourth-order valence-electron chi connectivity index (χ4n) is 1.68. The summed E-state index contributed by atoms with van der Waals surface area (Å²) in [5.74, 6) is -1.35. The highest BCUT2D eigenvalue weighted by Crippen LogP contribution is 2.39. The van der Waals surface area contributed by atoms with Gasteiger partial charge in [-0.1, -0.05) is 11.8 Å². The molecular weight excluding hydrogens is 365 g/mol. The number of hydrogen-bond acceptors (Lipinski definition) is 5. The number of rotatable bonds is 5. The molecule has 128 valence electrons. The van der Waals surface area contributed by atoms with Crippen LogP contribution in [0.15, 0.2) is 39.4 Å². The summed E-state index contributed by atoms with van der Waals surface area (Å²) >= 11 is 2.36. The second kappa shape index (κ2) is 7.14. The number of ether oxygens (including phenoxy) is 1. The maximum atomic E-state index is 12.1. The average Bonchev–Trinajstić information content (AvgIpc) is 2.81. The van der Waals surface area contributed by atoms with E-state index in [1.807, 2.05) is 0 Å². The molecule has 0 spiro atoms. The van der Waals surface area contributed by atoms with E-state index in [0.29, 0.717) is 14.1 Å². The Hall–Kier alpha value is -2.20. The van der Waals surface area contributed by atoms with Crippen LogP contribution in [0.3, 0.4) is 0 Å². The topological polar surface area (TPSA) is 81.4 Å². The fourth-order valence-corrected chi connectivity index (χ4v) is 3.91. The van der Waals surface area contributed by atoms with Gasteiger partial charge < -0.3 is 15.8 Å². The van der Waals surface area contributed by atoms with Gasteiger partial charge in [-0.25, -0.2) is 0 Å². The molecule has 2 amide bonds. The quantitative estimate of drug-likeness (QED) is 0.830. The first kappa shape index (κ1) is 18.1. The van der Waals surface area contributed by atoms with Crippen molar-refractivity contribution >= 4 is 39.9 Å². The molecule has 0 atom stereocenters. The van der Waals surface area contributed by atoms with Crippen LogP contribution in [0.4, 0.5) is 18.2 Å². The van der Waals surface area contributed by atoms with Gasteiger partial charge >= 0.3 is 6.36 Å². The predicted octanol–water partition coefficient (Wildman–Crippen LogP) is 3.86. The minimum absolute atomic E-state index is 0.176. The van der Waals surface area contributed by atoms with Gasteiger partial charge in [-0.2, -0.15) is 0 Å². The predicted molar refractivity (Wildman–Crippen MR) is 84.4 cm³/mol. The maximum Gasteiger partial charge on any atom is 0.573 e. The third-order valence-corrected chi connectivity index (χ3v) is 4.71. The Kier molecular flexibility index (Phi) is 5.40. The van der Waals surface area contributed by atoms with Crippen molar-refractivity contribution in [3.05, 3.63) is 35.9 Å². The molecule has 0 aliphatic heterocycles.